The first-order chi connectivity index (χ1) is 14.4. The number of thiocarbonyl (C=S) groups is 1. The third kappa shape index (κ3) is 5.56. The lowest BCUT2D eigenvalue weighted by Gasteiger charge is -2.15. The molecule has 5 nitrogen and oxygen atoms in total. The number of likely N-dealkylation sites (N-methyl/N-ethyl adjacent to an activating group) is 1. The molecule has 2 aromatic rings. The molecule has 0 spiro atoms. The Morgan fingerprint density at radius 2 is 1.93 bits per heavy atom. The normalized spacial score (nSPS) is 15.1. The van der Waals surface area contributed by atoms with Gasteiger partial charge in [0.2, 0.25) is 0 Å². The average molecular weight is 508 g/mol. The molecular weight excluding hydrogens is 486 g/mol. The SMILES string of the molecule is CCOc1cc(/C=C2/SC(=S)N(C)C2=O)cc(Br)c1OCCOc1cccc(C)c1. The topological polar surface area (TPSA) is 48.0 Å². The maximum atomic E-state index is 12.3. The number of hydrogen-bond acceptors (Lipinski definition) is 6. The van der Waals surface area contributed by atoms with Crippen LogP contribution in [0.15, 0.2) is 45.8 Å². The van der Waals surface area contributed by atoms with Gasteiger partial charge in [-0.3, -0.25) is 9.69 Å². The molecule has 0 saturated carbocycles. The molecule has 30 heavy (non-hydrogen) atoms. The van der Waals surface area contributed by atoms with Gasteiger partial charge in [0.05, 0.1) is 16.0 Å². The van der Waals surface area contributed by atoms with Crippen molar-refractivity contribution in [1.29, 1.82) is 0 Å². The Kier molecular flexibility index (Phi) is 7.80. The molecular formula is C22H22BrNO4S2. The lowest BCUT2D eigenvalue weighted by molar-refractivity contribution is -0.121. The van der Waals surface area contributed by atoms with Crippen LogP contribution in [-0.4, -0.2) is 42.0 Å². The van der Waals surface area contributed by atoms with Crippen LogP contribution in [-0.2, 0) is 4.79 Å². The predicted octanol–water partition coefficient (Wildman–Crippen LogP) is 5.45. The molecule has 8 heteroatoms. The zero-order chi connectivity index (χ0) is 21.7. The molecule has 1 saturated heterocycles. The monoisotopic (exact) mass is 507 g/mol. The van der Waals surface area contributed by atoms with Crippen LogP contribution in [0.3, 0.4) is 0 Å². The summed E-state index contributed by atoms with van der Waals surface area (Å²) in [6, 6.07) is 11.6. The van der Waals surface area contributed by atoms with E-state index in [1.807, 2.05) is 50.2 Å². The summed E-state index contributed by atoms with van der Waals surface area (Å²) in [5, 5.41) is 0. The molecule has 1 aliphatic heterocycles. The van der Waals surface area contributed by atoms with Gasteiger partial charge in [-0.05, 0) is 71.2 Å². The Labute approximate surface area is 194 Å². The second kappa shape index (κ2) is 10.3. The second-order valence-corrected chi connectivity index (χ2v) is 9.05. The third-order valence-electron chi connectivity index (χ3n) is 4.20. The van der Waals surface area contributed by atoms with E-state index in [2.05, 4.69) is 15.9 Å². The first-order valence-corrected chi connectivity index (χ1v) is 11.4. The Morgan fingerprint density at radius 3 is 2.60 bits per heavy atom. The molecule has 0 unspecified atom stereocenters. The van der Waals surface area contributed by atoms with Gasteiger partial charge in [-0.25, -0.2) is 0 Å². The molecule has 0 aromatic heterocycles. The summed E-state index contributed by atoms with van der Waals surface area (Å²) in [6.45, 7) is 5.19. The van der Waals surface area contributed by atoms with E-state index in [9.17, 15) is 4.79 Å². The molecule has 0 N–H and O–H groups in total. The number of hydrogen-bond donors (Lipinski definition) is 0. The van der Waals surface area contributed by atoms with Crippen molar-refractivity contribution in [2.75, 3.05) is 26.9 Å². The minimum atomic E-state index is -0.104. The lowest BCUT2D eigenvalue weighted by atomic mass is 10.2. The molecule has 1 fully saturated rings. The van der Waals surface area contributed by atoms with E-state index in [1.165, 1.54) is 16.7 Å². The van der Waals surface area contributed by atoms with Crippen LogP contribution in [0.5, 0.6) is 17.2 Å². The summed E-state index contributed by atoms with van der Waals surface area (Å²) in [4.78, 5) is 14.3. The van der Waals surface area contributed by atoms with Crippen LogP contribution in [0.2, 0.25) is 0 Å². The van der Waals surface area contributed by atoms with Crippen molar-refractivity contribution in [3.8, 4) is 17.2 Å². The van der Waals surface area contributed by atoms with Crippen LogP contribution >= 0.6 is 39.9 Å². The minimum absolute atomic E-state index is 0.104. The van der Waals surface area contributed by atoms with Gasteiger partial charge in [0.15, 0.2) is 11.5 Å². The highest BCUT2D eigenvalue weighted by Gasteiger charge is 2.28. The van der Waals surface area contributed by atoms with Crippen molar-refractivity contribution < 1.29 is 19.0 Å². The molecule has 158 valence electrons. The van der Waals surface area contributed by atoms with Gasteiger partial charge in [-0.2, -0.15) is 0 Å². The third-order valence-corrected chi connectivity index (χ3v) is 6.28. The number of carbonyl (C=O) groups is 1. The maximum absolute atomic E-state index is 12.3. The predicted molar refractivity (Wildman–Crippen MR) is 128 cm³/mol. The molecule has 1 amide bonds. The van der Waals surface area contributed by atoms with Gasteiger partial charge >= 0.3 is 0 Å². The molecule has 0 bridgehead atoms. The van der Waals surface area contributed by atoms with E-state index in [-0.39, 0.29) is 5.91 Å². The number of nitrogens with zero attached hydrogens (tertiary/aromatic N) is 1. The fraction of sp³-hybridized carbons (Fsp3) is 0.273. The second-order valence-electron chi connectivity index (χ2n) is 6.52. The van der Waals surface area contributed by atoms with Crippen molar-refractivity contribution in [3.63, 3.8) is 0 Å². The summed E-state index contributed by atoms with van der Waals surface area (Å²) >= 11 is 10.0. The van der Waals surface area contributed by atoms with Crippen LogP contribution in [0, 0.1) is 6.92 Å². The van der Waals surface area contributed by atoms with Gasteiger partial charge in [0, 0.05) is 7.05 Å². The Hall–Kier alpha value is -2.03. The van der Waals surface area contributed by atoms with Gasteiger partial charge in [-0.15, -0.1) is 0 Å². The zero-order valence-electron chi connectivity index (χ0n) is 16.9. The van der Waals surface area contributed by atoms with E-state index in [0.29, 0.717) is 40.5 Å². The first-order valence-electron chi connectivity index (χ1n) is 9.39. The average Bonchev–Trinajstić information content (AvgIpc) is 2.94. The summed E-state index contributed by atoms with van der Waals surface area (Å²) in [5.41, 5.74) is 1.97. The van der Waals surface area contributed by atoms with Gasteiger partial charge in [0.1, 0.15) is 23.3 Å². The van der Waals surface area contributed by atoms with Crippen molar-refractivity contribution in [1.82, 2.24) is 4.90 Å². The number of carbonyl (C=O) groups excluding carboxylic acids is 1. The highest BCUT2D eigenvalue weighted by atomic mass is 79.9. The molecule has 0 atom stereocenters. The van der Waals surface area contributed by atoms with E-state index in [0.717, 1.165) is 21.3 Å². The fourth-order valence-electron chi connectivity index (χ4n) is 2.78. The summed E-state index contributed by atoms with van der Waals surface area (Å²) in [7, 11) is 1.68. The van der Waals surface area contributed by atoms with E-state index in [1.54, 1.807) is 13.1 Å². The van der Waals surface area contributed by atoms with Crippen molar-refractivity contribution >= 4 is 56.2 Å². The van der Waals surface area contributed by atoms with Crippen molar-refractivity contribution in [2.24, 2.45) is 0 Å². The van der Waals surface area contributed by atoms with Gasteiger partial charge in [0.25, 0.3) is 5.91 Å². The number of amides is 1. The number of halogens is 1. The van der Waals surface area contributed by atoms with Crippen LogP contribution in [0.1, 0.15) is 18.1 Å². The van der Waals surface area contributed by atoms with E-state index < -0.39 is 0 Å². The van der Waals surface area contributed by atoms with Crippen LogP contribution in [0.4, 0.5) is 0 Å². The molecule has 2 aromatic carbocycles. The largest absolute Gasteiger partial charge is 0.490 e. The lowest BCUT2D eigenvalue weighted by Crippen LogP contribution is -2.22. The maximum Gasteiger partial charge on any atom is 0.265 e. The minimum Gasteiger partial charge on any atom is -0.490 e. The number of rotatable bonds is 8. The highest BCUT2D eigenvalue weighted by Crippen LogP contribution is 2.39. The number of ether oxygens (including phenoxy) is 3. The number of benzene rings is 2. The number of aryl methyl sites for hydroxylation is 1. The summed E-state index contributed by atoms with van der Waals surface area (Å²) in [6.07, 6.45) is 1.81. The van der Waals surface area contributed by atoms with Crippen molar-refractivity contribution in [3.05, 3.63) is 56.9 Å². The first kappa shape index (κ1) is 22.7. The quantitative estimate of drug-likeness (QED) is 0.269. The van der Waals surface area contributed by atoms with Crippen LogP contribution < -0.4 is 14.2 Å². The van der Waals surface area contributed by atoms with Crippen molar-refractivity contribution in [2.45, 2.75) is 13.8 Å². The Morgan fingerprint density at radius 1 is 1.17 bits per heavy atom. The molecule has 0 aliphatic carbocycles. The molecule has 1 aliphatic rings. The van der Waals surface area contributed by atoms with Gasteiger partial charge in [-0.1, -0.05) is 36.1 Å². The highest BCUT2D eigenvalue weighted by molar-refractivity contribution is 9.10. The standard InChI is InChI=1S/C22H22BrNO4S2/c1-4-26-18-12-15(13-19-21(25)24(3)22(29)30-19)11-17(23)20(18)28-9-8-27-16-7-5-6-14(2)10-16/h5-7,10-13H,4,8-9H2,1-3H3/b19-13+. The Balaban J connectivity index is 1.72. The molecule has 3 rings (SSSR count). The summed E-state index contributed by atoms with van der Waals surface area (Å²) in [5.74, 6) is 1.91. The zero-order valence-corrected chi connectivity index (χ0v) is 20.2. The smallest absolute Gasteiger partial charge is 0.265 e. The molecule has 0 radical (unpaired) electrons. The summed E-state index contributed by atoms with van der Waals surface area (Å²) < 4.78 is 18.7. The van der Waals surface area contributed by atoms with Crippen LogP contribution in [0.25, 0.3) is 6.08 Å². The van der Waals surface area contributed by atoms with E-state index in [4.69, 9.17) is 26.4 Å². The fourth-order valence-corrected chi connectivity index (χ4v) is 4.53. The van der Waals surface area contributed by atoms with E-state index >= 15 is 0 Å². The number of thioether (sulfide) groups is 1. The Bertz CT molecular complexity index is 993. The van der Waals surface area contributed by atoms with Gasteiger partial charge < -0.3 is 14.2 Å². The molecule has 1 heterocycles.